The van der Waals surface area contributed by atoms with Gasteiger partial charge in [-0.25, -0.2) is 4.98 Å². The van der Waals surface area contributed by atoms with E-state index in [1.165, 1.54) is 11.1 Å². The molecule has 1 atom stereocenters. The van der Waals surface area contributed by atoms with Crippen LogP contribution >= 0.6 is 0 Å². The highest BCUT2D eigenvalue weighted by Gasteiger charge is 2.11. The molecular weight excluding hydrogens is 320 g/mol. The average molecular weight is 344 g/mol. The van der Waals surface area contributed by atoms with Crippen LogP contribution in [0.4, 0.5) is 0 Å². The minimum Gasteiger partial charge on any atom is -0.355 e. The second kappa shape index (κ2) is 8.73. The molecule has 1 N–H and O–H groups in total. The Bertz CT molecular complexity index is 694. The molecule has 24 heavy (non-hydrogen) atoms. The van der Waals surface area contributed by atoms with Gasteiger partial charge >= 0.3 is 0 Å². The predicted octanol–water partition coefficient (Wildman–Crippen LogP) is 2.98. The van der Waals surface area contributed by atoms with Crippen molar-refractivity contribution in [2.24, 2.45) is 0 Å². The van der Waals surface area contributed by atoms with Gasteiger partial charge in [-0.1, -0.05) is 44.2 Å². The Morgan fingerprint density at radius 2 is 1.88 bits per heavy atom. The zero-order valence-electron chi connectivity index (χ0n) is 14.4. The lowest BCUT2D eigenvalue weighted by Crippen LogP contribution is -2.30. The number of carbonyl (C=O) groups is 1. The van der Waals surface area contributed by atoms with Crippen LogP contribution in [0.3, 0.4) is 0 Å². The van der Waals surface area contributed by atoms with E-state index in [0.29, 0.717) is 17.5 Å². The summed E-state index contributed by atoms with van der Waals surface area (Å²) < 4.78 is 12.1. The summed E-state index contributed by atoms with van der Waals surface area (Å²) >= 11 is 0. The first kappa shape index (κ1) is 18.3. The van der Waals surface area contributed by atoms with Crippen molar-refractivity contribution in [2.75, 3.05) is 12.3 Å². The molecule has 1 aromatic heterocycles. The number of hydrogen-bond acceptors (Lipinski definition) is 3. The fourth-order valence-corrected chi connectivity index (χ4v) is 3.13. The van der Waals surface area contributed by atoms with Crippen LogP contribution in [0.15, 0.2) is 47.6 Å². The van der Waals surface area contributed by atoms with E-state index in [1.807, 2.05) is 13.0 Å². The Morgan fingerprint density at radius 1 is 1.17 bits per heavy atom. The van der Waals surface area contributed by atoms with Crippen molar-refractivity contribution in [3.8, 4) is 0 Å². The topological polar surface area (TPSA) is 59.1 Å². The number of carbonyl (C=O) groups excluding carboxylic acids is 1. The lowest BCUT2D eigenvalue weighted by Gasteiger charge is -2.08. The number of hydrogen-bond donors (Lipinski definition) is 1. The normalized spacial score (nSPS) is 12.2. The Kier molecular flexibility index (Phi) is 6.67. The molecule has 0 fully saturated rings. The van der Waals surface area contributed by atoms with E-state index < -0.39 is 10.8 Å². The maximum atomic E-state index is 12.1. The first-order valence-corrected chi connectivity index (χ1v) is 9.44. The Labute approximate surface area is 146 Å². The first-order chi connectivity index (χ1) is 11.5. The van der Waals surface area contributed by atoms with E-state index in [9.17, 15) is 9.00 Å². The number of nitrogens with zero attached hydrogens (tertiary/aromatic N) is 1. The second-order valence-corrected chi connectivity index (χ2v) is 7.56. The second-order valence-electron chi connectivity index (χ2n) is 6.16. The van der Waals surface area contributed by atoms with Gasteiger partial charge in [0.15, 0.2) is 0 Å². The third-order valence-electron chi connectivity index (χ3n) is 3.76. The van der Waals surface area contributed by atoms with Gasteiger partial charge < -0.3 is 5.32 Å². The molecule has 0 aliphatic carbocycles. The van der Waals surface area contributed by atoms with Gasteiger partial charge in [-0.2, -0.15) is 0 Å². The standard InChI is InChI=1S/C19H24N2O2S/c1-14(2)17-7-5-16(6-8-17)10-11-20-18(22)13-24(23)19-9-4-15(3)12-21-19/h4-9,12,14H,10-11,13H2,1-3H3,(H,20,22). The van der Waals surface area contributed by atoms with E-state index in [4.69, 9.17) is 0 Å². The zero-order chi connectivity index (χ0) is 17.5. The molecule has 1 heterocycles. The number of rotatable bonds is 7. The monoisotopic (exact) mass is 344 g/mol. The summed E-state index contributed by atoms with van der Waals surface area (Å²) in [6, 6.07) is 12.0. The van der Waals surface area contributed by atoms with E-state index in [0.717, 1.165) is 12.0 Å². The van der Waals surface area contributed by atoms with Gasteiger partial charge in [0, 0.05) is 12.7 Å². The van der Waals surface area contributed by atoms with Crippen molar-refractivity contribution in [3.05, 3.63) is 59.3 Å². The number of amides is 1. The molecule has 1 aromatic carbocycles. The largest absolute Gasteiger partial charge is 0.355 e. The van der Waals surface area contributed by atoms with Gasteiger partial charge in [-0.15, -0.1) is 0 Å². The summed E-state index contributed by atoms with van der Waals surface area (Å²) in [5, 5.41) is 3.27. The van der Waals surface area contributed by atoms with Crippen molar-refractivity contribution in [2.45, 2.75) is 38.1 Å². The molecular formula is C19H24N2O2S. The molecule has 0 aliphatic heterocycles. The predicted molar refractivity (Wildman–Crippen MR) is 97.5 cm³/mol. The maximum Gasteiger partial charge on any atom is 0.233 e. The molecule has 2 aromatic rings. The summed E-state index contributed by atoms with van der Waals surface area (Å²) in [5.41, 5.74) is 3.49. The highest BCUT2D eigenvalue weighted by atomic mass is 32.2. The maximum absolute atomic E-state index is 12.1. The molecule has 128 valence electrons. The van der Waals surface area contributed by atoms with Crippen LogP contribution in [0, 0.1) is 6.92 Å². The molecule has 0 aliphatic rings. The smallest absolute Gasteiger partial charge is 0.233 e. The molecule has 0 radical (unpaired) electrons. The van der Waals surface area contributed by atoms with Gasteiger partial charge in [0.1, 0.15) is 10.8 Å². The van der Waals surface area contributed by atoms with Crippen LogP contribution in [0.1, 0.15) is 36.5 Å². The van der Waals surface area contributed by atoms with Gasteiger partial charge in [0.2, 0.25) is 5.91 Å². The molecule has 0 saturated carbocycles. The average Bonchev–Trinajstić information content (AvgIpc) is 2.55. The van der Waals surface area contributed by atoms with Crippen LogP contribution in [-0.2, 0) is 22.0 Å². The van der Waals surface area contributed by atoms with Crippen molar-refractivity contribution in [1.82, 2.24) is 10.3 Å². The number of nitrogens with one attached hydrogen (secondary N) is 1. The fourth-order valence-electron chi connectivity index (χ4n) is 2.25. The molecule has 1 amide bonds. The summed E-state index contributed by atoms with van der Waals surface area (Å²) in [5.74, 6) is 0.251. The third kappa shape index (κ3) is 5.57. The van der Waals surface area contributed by atoms with E-state index >= 15 is 0 Å². The Morgan fingerprint density at radius 3 is 2.46 bits per heavy atom. The highest BCUT2D eigenvalue weighted by Crippen LogP contribution is 2.14. The van der Waals surface area contributed by atoms with Gasteiger partial charge in [-0.05, 0) is 42.0 Å². The van der Waals surface area contributed by atoms with Crippen LogP contribution in [-0.4, -0.2) is 27.4 Å². The Hall–Kier alpha value is -2.01. The van der Waals surface area contributed by atoms with Crippen molar-refractivity contribution in [3.63, 3.8) is 0 Å². The molecule has 0 spiro atoms. The number of benzene rings is 1. The van der Waals surface area contributed by atoms with E-state index in [2.05, 4.69) is 48.4 Å². The molecule has 0 bridgehead atoms. The number of aromatic nitrogens is 1. The lowest BCUT2D eigenvalue weighted by atomic mass is 10.0. The van der Waals surface area contributed by atoms with Gasteiger partial charge in [-0.3, -0.25) is 9.00 Å². The van der Waals surface area contributed by atoms with Crippen molar-refractivity contribution >= 4 is 16.7 Å². The molecule has 1 unspecified atom stereocenters. The lowest BCUT2D eigenvalue weighted by molar-refractivity contribution is -0.118. The van der Waals surface area contributed by atoms with E-state index in [-0.39, 0.29) is 11.7 Å². The summed E-state index contributed by atoms with van der Waals surface area (Å²) in [6.45, 7) is 6.79. The van der Waals surface area contributed by atoms with Crippen LogP contribution in [0.5, 0.6) is 0 Å². The zero-order valence-corrected chi connectivity index (χ0v) is 15.2. The van der Waals surface area contributed by atoms with Crippen LogP contribution < -0.4 is 5.32 Å². The molecule has 5 heteroatoms. The summed E-state index contributed by atoms with van der Waals surface area (Å²) in [4.78, 5) is 16.0. The number of aryl methyl sites for hydroxylation is 1. The van der Waals surface area contributed by atoms with Gasteiger partial charge in [0.05, 0.1) is 10.8 Å². The van der Waals surface area contributed by atoms with E-state index in [1.54, 1.807) is 12.3 Å². The molecule has 2 rings (SSSR count). The van der Waals surface area contributed by atoms with Crippen molar-refractivity contribution < 1.29 is 9.00 Å². The van der Waals surface area contributed by atoms with Crippen LogP contribution in [0.25, 0.3) is 0 Å². The summed E-state index contributed by atoms with van der Waals surface area (Å²) in [7, 11) is -1.40. The minimum atomic E-state index is -1.40. The molecule has 4 nitrogen and oxygen atoms in total. The quantitative estimate of drug-likeness (QED) is 0.840. The van der Waals surface area contributed by atoms with Crippen molar-refractivity contribution in [1.29, 1.82) is 0 Å². The van der Waals surface area contributed by atoms with Gasteiger partial charge in [0.25, 0.3) is 0 Å². The number of pyridine rings is 1. The fraction of sp³-hybridized carbons (Fsp3) is 0.368. The minimum absolute atomic E-state index is 0.0532. The highest BCUT2D eigenvalue weighted by molar-refractivity contribution is 7.85. The van der Waals surface area contributed by atoms with Crippen LogP contribution in [0.2, 0.25) is 0 Å². The Balaban J connectivity index is 1.76. The SMILES string of the molecule is Cc1ccc(S(=O)CC(=O)NCCc2ccc(C(C)C)cc2)nc1. The third-order valence-corrected chi connectivity index (χ3v) is 4.99. The first-order valence-electron chi connectivity index (χ1n) is 8.12. The summed E-state index contributed by atoms with van der Waals surface area (Å²) in [6.07, 6.45) is 2.42. The molecule has 0 saturated heterocycles.